The zero-order valence-corrected chi connectivity index (χ0v) is 13.1. The summed E-state index contributed by atoms with van der Waals surface area (Å²) in [5.41, 5.74) is 0. The molecule has 0 aliphatic heterocycles. The van der Waals surface area contributed by atoms with Crippen molar-refractivity contribution in [1.29, 1.82) is 0 Å². The second kappa shape index (κ2) is 16.9. The molecule has 0 saturated carbocycles. The van der Waals surface area contributed by atoms with Crippen LogP contribution in [0.2, 0.25) is 0 Å². The third kappa shape index (κ3) is 15.9. The quantitative estimate of drug-likeness (QED) is 0.302. The molecule has 0 rings (SSSR count). The summed E-state index contributed by atoms with van der Waals surface area (Å²) in [6.45, 7) is 2.28. The van der Waals surface area contributed by atoms with E-state index in [4.69, 9.17) is 0 Å². The van der Waals surface area contributed by atoms with E-state index >= 15 is 0 Å². The molecule has 0 fully saturated rings. The van der Waals surface area contributed by atoms with Gasteiger partial charge < -0.3 is 0 Å². The highest BCUT2D eigenvalue weighted by atomic mass is 32.1. The van der Waals surface area contributed by atoms with Gasteiger partial charge in [-0.2, -0.15) is 0 Å². The average molecular weight is 272 g/mol. The molecule has 0 spiro atoms. The van der Waals surface area contributed by atoms with Crippen LogP contribution in [0.4, 0.5) is 0 Å². The second-order valence-electron chi connectivity index (χ2n) is 5.29. The van der Waals surface area contributed by atoms with Crippen LogP contribution < -0.4 is 0 Å². The van der Waals surface area contributed by atoms with Crippen molar-refractivity contribution < 1.29 is 4.21 Å². The van der Waals surface area contributed by atoms with Gasteiger partial charge in [0.2, 0.25) is 0 Å². The minimum Gasteiger partial charge on any atom is -0.213 e. The zero-order valence-electron chi connectivity index (χ0n) is 12.3. The summed E-state index contributed by atoms with van der Waals surface area (Å²) in [6.07, 6.45) is 19.1. The van der Waals surface area contributed by atoms with Gasteiger partial charge in [-0.05, 0) is 12.8 Å². The highest BCUT2D eigenvalue weighted by Gasteiger charge is 1.93. The Morgan fingerprint density at radius 2 is 1.06 bits per heavy atom. The lowest BCUT2D eigenvalue weighted by Crippen LogP contribution is -1.83. The van der Waals surface area contributed by atoms with Crippen molar-refractivity contribution in [1.82, 2.24) is 0 Å². The first-order valence-corrected chi connectivity index (χ1v) is 8.82. The Morgan fingerprint density at radius 1 is 0.667 bits per heavy atom. The van der Waals surface area contributed by atoms with Gasteiger partial charge in [0.15, 0.2) is 0 Å². The third-order valence-corrected chi connectivity index (χ3v) is 3.87. The van der Waals surface area contributed by atoms with E-state index < -0.39 is 0 Å². The molecule has 0 saturated heterocycles. The highest BCUT2D eigenvalue weighted by Crippen LogP contribution is 2.12. The molecular formula is C16H32OS. The molecule has 0 bridgehead atoms. The van der Waals surface area contributed by atoms with Gasteiger partial charge in [0.1, 0.15) is 0 Å². The SMILES string of the molecule is CCCCCCCCCCCCCCCC=S=O. The molecule has 18 heavy (non-hydrogen) atoms. The van der Waals surface area contributed by atoms with Crippen molar-refractivity contribution in [2.45, 2.75) is 96.8 Å². The molecule has 2 heteroatoms. The van der Waals surface area contributed by atoms with E-state index in [1.165, 1.54) is 83.5 Å². The molecule has 0 heterocycles. The minimum absolute atomic E-state index is 0.611. The van der Waals surface area contributed by atoms with E-state index in [2.05, 4.69) is 6.92 Å². The largest absolute Gasteiger partial charge is 0.213 e. The Bertz CT molecular complexity index is 197. The Balaban J connectivity index is 2.92. The van der Waals surface area contributed by atoms with Crippen LogP contribution in [0, 0.1) is 0 Å². The highest BCUT2D eigenvalue weighted by molar-refractivity contribution is 7.64. The normalized spacial score (nSPS) is 10.5. The van der Waals surface area contributed by atoms with Crippen molar-refractivity contribution >= 4 is 16.6 Å². The molecule has 0 aliphatic carbocycles. The Hall–Kier alpha value is -0.110. The lowest BCUT2D eigenvalue weighted by molar-refractivity contribution is 0.541. The maximum atomic E-state index is 10.1. The van der Waals surface area contributed by atoms with Gasteiger partial charge in [0.25, 0.3) is 0 Å². The fraction of sp³-hybridized carbons (Fsp3) is 0.938. The van der Waals surface area contributed by atoms with E-state index in [0.717, 1.165) is 6.42 Å². The Labute approximate surface area is 118 Å². The Morgan fingerprint density at radius 3 is 1.44 bits per heavy atom. The molecule has 0 unspecified atom stereocenters. The number of rotatable bonds is 14. The summed E-state index contributed by atoms with van der Waals surface area (Å²) in [4.78, 5) is 0. The lowest BCUT2D eigenvalue weighted by atomic mass is 10.0. The summed E-state index contributed by atoms with van der Waals surface area (Å²) in [5, 5.41) is 1.78. The number of hydrogen-bond acceptors (Lipinski definition) is 1. The summed E-state index contributed by atoms with van der Waals surface area (Å²) < 4.78 is 10.1. The molecule has 108 valence electrons. The second-order valence-corrected chi connectivity index (χ2v) is 5.82. The fourth-order valence-corrected chi connectivity index (χ4v) is 2.56. The Kier molecular flexibility index (Phi) is 16.8. The van der Waals surface area contributed by atoms with Gasteiger partial charge in [-0.3, -0.25) is 0 Å². The first kappa shape index (κ1) is 17.9. The van der Waals surface area contributed by atoms with Crippen molar-refractivity contribution in [3.05, 3.63) is 0 Å². The molecule has 0 aromatic rings. The summed E-state index contributed by atoms with van der Waals surface area (Å²) >= 11 is 0.611. The molecule has 0 N–H and O–H groups in total. The third-order valence-electron chi connectivity index (χ3n) is 3.49. The van der Waals surface area contributed by atoms with Gasteiger partial charge in [0.05, 0.1) is 11.3 Å². The van der Waals surface area contributed by atoms with Crippen LogP contribution in [-0.2, 0) is 11.3 Å². The molecule has 0 radical (unpaired) electrons. The van der Waals surface area contributed by atoms with E-state index in [-0.39, 0.29) is 0 Å². The molecule has 1 nitrogen and oxygen atoms in total. The molecule has 0 aliphatic rings. The van der Waals surface area contributed by atoms with E-state index in [1.807, 2.05) is 0 Å². The van der Waals surface area contributed by atoms with Crippen LogP contribution in [-0.4, -0.2) is 9.58 Å². The van der Waals surface area contributed by atoms with Crippen LogP contribution in [0.1, 0.15) is 96.8 Å². The number of hydrogen-bond donors (Lipinski definition) is 0. The zero-order chi connectivity index (χ0) is 13.3. The van der Waals surface area contributed by atoms with Gasteiger partial charge in [0, 0.05) is 5.37 Å². The van der Waals surface area contributed by atoms with Gasteiger partial charge in [-0.15, -0.1) is 0 Å². The topological polar surface area (TPSA) is 17.1 Å². The predicted molar refractivity (Wildman–Crippen MR) is 84.5 cm³/mol. The van der Waals surface area contributed by atoms with E-state index in [9.17, 15) is 4.21 Å². The maximum absolute atomic E-state index is 10.1. The smallest absolute Gasteiger partial charge is 0.0841 e. The van der Waals surface area contributed by atoms with Crippen LogP contribution in [0.5, 0.6) is 0 Å². The standard InChI is InChI=1S/C16H32OS/c1-2-3-4-5-6-7-8-9-10-11-12-13-14-15-16-18-17/h16H,2-15H2,1H3. The van der Waals surface area contributed by atoms with Crippen molar-refractivity contribution in [2.24, 2.45) is 0 Å². The summed E-state index contributed by atoms with van der Waals surface area (Å²) in [7, 11) is 0. The predicted octanol–water partition coefficient (Wildman–Crippen LogP) is 5.48. The van der Waals surface area contributed by atoms with Crippen LogP contribution in [0.25, 0.3) is 0 Å². The first-order chi connectivity index (χ1) is 8.91. The van der Waals surface area contributed by atoms with Gasteiger partial charge in [-0.25, -0.2) is 4.21 Å². The van der Waals surface area contributed by atoms with Gasteiger partial charge in [-0.1, -0.05) is 84.0 Å². The van der Waals surface area contributed by atoms with E-state index in [1.54, 1.807) is 5.37 Å². The molecule has 0 amide bonds. The lowest BCUT2D eigenvalue weighted by Gasteiger charge is -2.02. The van der Waals surface area contributed by atoms with Crippen LogP contribution >= 0.6 is 0 Å². The fourth-order valence-electron chi connectivity index (χ4n) is 2.29. The van der Waals surface area contributed by atoms with Crippen molar-refractivity contribution in [2.75, 3.05) is 0 Å². The molecular weight excluding hydrogens is 240 g/mol. The van der Waals surface area contributed by atoms with Gasteiger partial charge >= 0.3 is 0 Å². The van der Waals surface area contributed by atoms with Crippen LogP contribution in [0.15, 0.2) is 0 Å². The monoisotopic (exact) mass is 272 g/mol. The average Bonchev–Trinajstić information content (AvgIpc) is 2.39. The number of unbranched alkanes of at least 4 members (excludes halogenated alkanes) is 13. The molecule has 0 atom stereocenters. The summed E-state index contributed by atoms with van der Waals surface area (Å²) in [6, 6.07) is 0. The molecule has 0 aromatic carbocycles. The molecule has 0 aromatic heterocycles. The maximum Gasteiger partial charge on any atom is 0.0841 e. The minimum atomic E-state index is 0.611. The van der Waals surface area contributed by atoms with Crippen molar-refractivity contribution in [3.63, 3.8) is 0 Å². The van der Waals surface area contributed by atoms with E-state index in [0.29, 0.717) is 11.3 Å². The summed E-state index contributed by atoms with van der Waals surface area (Å²) in [5.74, 6) is 0. The first-order valence-electron chi connectivity index (χ1n) is 8.02. The van der Waals surface area contributed by atoms with Crippen LogP contribution in [0.3, 0.4) is 0 Å². The van der Waals surface area contributed by atoms with Crippen molar-refractivity contribution in [3.8, 4) is 0 Å².